The lowest BCUT2D eigenvalue weighted by atomic mass is 10.2. The average molecular weight is 140 g/mol. The summed E-state index contributed by atoms with van der Waals surface area (Å²) in [4.78, 5) is 0. The first-order valence-corrected chi connectivity index (χ1v) is 2.85. The van der Waals surface area contributed by atoms with Crippen molar-refractivity contribution < 1.29 is 8.78 Å². The Morgan fingerprint density at radius 3 is 2.20 bits per heavy atom. The van der Waals surface area contributed by atoms with Gasteiger partial charge in [0, 0.05) is 0 Å². The van der Waals surface area contributed by atoms with Gasteiger partial charge in [-0.15, -0.1) is 0 Å². The molecule has 0 aliphatic rings. The van der Waals surface area contributed by atoms with Crippen LogP contribution in [-0.4, -0.2) is 0 Å². The Bertz CT molecular complexity index is 224. The molecule has 0 nitrogen and oxygen atoms in total. The largest absolute Gasteiger partial charge is 0.216 e. The minimum Gasteiger partial charge on any atom is -0.216 e. The summed E-state index contributed by atoms with van der Waals surface area (Å²) in [6.07, 6.45) is 1.69. The van der Waals surface area contributed by atoms with Crippen LogP contribution in [0, 0.1) is 5.82 Å². The zero-order valence-electron chi connectivity index (χ0n) is 5.22. The molecule has 0 unspecified atom stereocenters. The highest BCUT2D eigenvalue weighted by Gasteiger charge is 1.86. The van der Waals surface area contributed by atoms with Crippen molar-refractivity contribution in [2.75, 3.05) is 0 Å². The number of benzene rings is 1. The SMILES string of the molecule is FC=Cc1ccc(F)cc1. The predicted octanol–water partition coefficient (Wildman–Crippen LogP) is 2.77. The topological polar surface area (TPSA) is 0 Å². The highest BCUT2D eigenvalue weighted by molar-refractivity contribution is 5.47. The molecule has 1 aromatic rings. The summed E-state index contributed by atoms with van der Waals surface area (Å²) in [6, 6.07) is 5.58. The van der Waals surface area contributed by atoms with Crippen LogP contribution in [0.4, 0.5) is 8.78 Å². The summed E-state index contributed by atoms with van der Waals surface area (Å²) >= 11 is 0. The standard InChI is InChI=1S/C8H6F2/c9-6-5-7-1-3-8(10)4-2-7/h1-6H. The van der Waals surface area contributed by atoms with Gasteiger partial charge in [0.15, 0.2) is 0 Å². The molecule has 0 radical (unpaired) electrons. The Morgan fingerprint density at radius 2 is 1.70 bits per heavy atom. The number of hydrogen-bond acceptors (Lipinski definition) is 0. The van der Waals surface area contributed by atoms with E-state index >= 15 is 0 Å². The van der Waals surface area contributed by atoms with Crippen molar-refractivity contribution in [2.24, 2.45) is 0 Å². The summed E-state index contributed by atoms with van der Waals surface area (Å²) in [5.74, 6) is -0.309. The van der Waals surface area contributed by atoms with Crippen molar-refractivity contribution in [1.29, 1.82) is 0 Å². The molecule has 1 aromatic carbocycles. The second kappa shape index (κ2) is 3.11. The maximum absolute atomic E-state index is 12.2. The zero-order valence-corrected chi connectivity index (χ0v) is 5.22. The van der Waals surface area contributed by atoms with Gasteiger partial charge in [0.1, 0.15) is 5.82 Å². The number of halogens is 2. The summed E-state index contributed by atoms with van der Waals surface area (Å²) in [7, 11) is 0. The van der Waals surface area contributed by atoms with Crippen molar-refractivity contribution in [2.45, 2.75) is 0 Å². The van der Waals surface area contributed by atoms with E-state index in [2.05, 4.69) is 0 Å². The normalized spacial score (nSPS) is 10.6. The Balaban J connectivity index is 2.89. The lowest BCUT2D eigenvalue weighted by molar-refractivity contribution is 0.627. The first-order valence-electron chi connectivity index (χ1n) is 2.85. The molecular weight excluding hydrogens is 134 g/mol. The fourth-order valence-corrected chi connectivity index (χ4v) is 0.647. The summed E-state index contributed by atoms with van der Waals surface area (Å²) in [5, 5.41) is 0. The lowest BCUT2D eigenvalue weighted by Crippen LogP contribution is -1.72. The van der Waals surface area contributed by atoms with Gasteiger partial charge in [0.05, 0.1) is 6.33 Å². The third-order valence-electron chi connectivity index (χ3n) is 1.13. The van der Waals surface area contributed by atoms with E-state index in [1.165, 1.54) is 30.3 Å². The van der Waals surface area contributed by atoms with Crippen LogP contribution in [0.2, 0.25) is 0 Å². The Kier molecular flexibility index (Phi) is 2.15. The molecule has 10 heavy (non-hydrogen) atoms. The van der Waals surface area contributed by atoms with E-state index in [0.717, 1.165) is 0 Å². The molecule has 0 bridgehead atoms. The lowest BCUT2D eigenvalue weighted by Gasteiger charge is -1.89. The second-order valence-corrected chi connectivity index (χ2v) is 1.84. The molecule has 0 aliphatic heterocycles. The molecule has 0 saturated carbocycles. The van der Waals surface area contributed by atoms with E-state index in [4.69, 9.17) is 0 Å². The molecule has 0 aliphatic carbocycles. The van der Waals surface area contributed by atoms with E-state index < -0.39 is 0 Å². The Morgan fingerprint density at radius 1 is 1.10 bits per heavy atom. The maximum atomic E-state index is 12.2. The number of hydrogen-bond donors (Lipinski definition) is 0. The molecule has 0 atom stereocenters. The van der Waals surface area contributed by atoms with E-state index in [9.17, 15) is 8.78 Å². The predicted molar refractivity (Wildman–Crippen MR) is 36.5 cm³/mol. The minimum atomic E-state index is -0.309. The van der Waals surface area contributed by atoms with Gasteiger partial charge in [-0.05, 0) is 23.8 Å². The molecule has 1 rings (SSSR count). The number of rotatable bonds is 1. The third kappa shape index (κ3) is 1.65. The fourth-order valence-electron chi connectivity index (χ4n) is 0.647. The molecular formula is C8H6F2. The first kappa shape index (κ1) is 6.93. The summed E-state index contributed by atoms with van der Waals surface area (Å²) in [6.45, 7) is 0. The average Bonchev–Trinajstić information content (AvgIpc) is 1.95. The van der Waals surface area contributed by atoms with Gasteiger partial charge >= 0.3 is 0 Å². The molecule has 0 N–H and O–H groups in total. The molecule has 0 aromatic heterocycles. The highest BCUT2D eigenvalue weighted by atomic mass is 19.1. The third-order valence-corrected chi connectivity index (χ3v) is 1.13. The van der Waals surface area contributed by atoms with Crippen LogP contribution in [0.25, 0.3) is 6.08 Å². The van der Waals surface area contributed by atoms with Crippen LogP contribution in [0.15, 0.2) is 30.6 Å². The van der Waals surface area contributed by atoms with Crippen molar-refractivity contribution in [1.82, 2.24) is 0 Å². The first-order chi connectivity index (χ1) is 4.83. The van der Waals surface area contributed by atoms with Crippen LogP contribution >= 0.6 is 0 Å². The van der Waals surface area contributed by atoms with E-state index in [1.807, 2.05) is 0 Å². The van der Waals surface area contributed by atoms with Crippen LogP contribution in [0.3, 0.4) is 0 Å². The second-order valence-electron chi connectivity index (χ2n) is 1.84. The molecule has 2 heteroatoms. The van der Waals surface area contributed by atoms with Crippen LogP contribution in [-0.2, 0) is 0 Å². The zero-order chi connectivity index (χ0) is 7.40. The van der Waals surface area contributed by atoms with Gasteiger partial charge in [-0.1, -0.05) is 12.1 Å². The van der Waals surface area contributed by atoms with E-state index in [0.29, 0.717) is 11.9 Å². The van der Waals surface area contributed by atoms with Gasteiger partial charge in [0.25, 0.3) is 0 Å². The van der Waals surface area contributed by atoms with Crippen molar-refractivity contribution in [3.8, 4) is 0 Å². The molecule has 0 spiro atoms. The van der Waals surface area contributed by atoms with Crippen molar-refractivity contribution >= 4 is 6.08 Å². The van der Waals surface area contributed by atoms with Gasteiger partial charge in [-0.3, -0.25) is 0 Å². The van der Waals surface area contributed by atoms with Crippen molar-refractivity contribution in [3.63, 3.8) is 0 Å². The Hall–Kier alpha value is -1.18. The van der Waals surface area contributed by atoms with Crippen molar-refractivity contribution in [3.05, 3.63) is 42.0 Å². The maximum Gasteiger partial charge on any atom is 0.123 e. The van der Waals surface area contributed by atoms with Crippen LogP contribution in [0.1, 0.15) is 5.56 Å². The van der Waals surface area contributed by atoms with E-state index in [1.54, 1.807) is 0 Å². The fraction of sp³-hybridized carbons (Fsp3) is 0. The summed E-state index contributed by atoms with van der Waals surface area (Å²) in [5.41, 5.74) is 0.656. The molecule has 0 heterocycles. The van der Waals surface area contributed by atoms with Gasteiger partial charge in [0.2, 0.25) is 0 Å². The molecule has 52 valence electrons. The minimum absolute atomic E-state index is 0.309. The molecule has 0 amide bonds. The Labute approximate surface area is 57.8 Å². The summed E-state index contributed by atoms with van der Waals surface area (Å²) < 4.78 is 23.7. The van der Waals surface area contributed by atoms with Gasteiger partial charge in [-0.25, -0.2) is 8.78 Å². The quantitative estimate of drug-likeness (QED) is 0.562. The molecule has 0 fully saturated rings. The molecule has 0 saturated heterocycles. The highest BCUT2D eigenvalue weighted by Crippen LogP contribution is 2.03. The van der Waals surface area contributed by atoms with Gasteiger partial charge in [-0.2, -0.15) is 0 Å². The van der Waals surface area contributed by atoms with Crippen LogP contribution < -0.4 is 0 Å². The monoisotopic (exact) mass is 140 g/mol. The van der Waals surface area contributed by atoms with Crippen LogP contribution in [0.5, 0.6) is 0 Å². The smallest absolute Gasteiger partial charge is 0.123 e. The van der Waals surface area contributed by atoms with Gasteiger partial charge < -0.3 is 0 Å². The van der Waals surface area contributed by atoms with E-state index in [-0.39, 0.29) is 5.82 Å².